The maximum atomic E-state index is 12.8. The van der Waals surface area contributed by atoms with Crippen molar-refractivity contribution >= 4 is 10.9 Å². The fourth-order valence-corrected chi connectivity index (χ4v) is 2.58. The maximum Gasteiger partial charge on any atom is 0.416 e. The molecule has 0 spiro atoms. The minimum atomic E-state index is -4.42. The molecule has 6 heteroatoms. The molecular formula is C17H11F3N2O. The predicted octanol–water partition coefficient (Wildman–Crippen LogP) is 4.63. The number of aromatic amines is 1. The minimum absolute atomic E-state index is 0.0681. The Morgan fingerprint density at radius 3 is 2.61 bits per heavy atom. The Hall–Kier alpha value is -2.94. The van der Waals surface area contributed by atoms with Crippen molar-refractivity contribution in [2.45, 2.75) is 12.6 Å². The Kier molecular flexibility index (Phi) is 3.49. The van der Waals surface area contributed by atoms with E-state index in [-0.39, 0.29) is 12.2 Å². The van der Waals surface area contributed by atoms with Gasteiger partial charge in [-0.15, -0.1) is 0 Å². The summed E-state index contributed by atoms with van der Waals surface area (Å²) in [6.45, 7) is 0. The Bertz CT molecular complexity index is 920. The lowest BCUT2D eigenvalue weighted by Gasteiger charge is -2.10. The van der Waals surface area contributed by atoms with Gasteiger partial charge in [-0.3, -0.25) is 0 Å². The summed E-state index contributed by atoms with van der Waals surface area (Å²) in [5.41, 5.74) is 1.30. The fraction of sp³-hybridized carbons (Fsp3) is 0.118. The largest absolute Gasteiger partial charge is 0.507 e. The molecule has 0 amide bonds. The first kappa shape index (κ1) is 15.0. The number of nitrogens with zero attached hydrogens (tertiary/aromatic N) is 1. The summed E-state index contributed by atoms with van der Waals surface area (Å²) in [5.74, 6) is -0.0681. The van der Waals surface area contributed by atoms with Gasteiger partial charge in [0, 0.05) is 11.6 Å². The van der Waals surface area contributed by atoms with Crippen molar-refractivity contribution in [3.05, 3.63) is 53.7 Å². The molecule has 0 saturated heterocycles. The van der Waals surface area contributed by atoms with Crippen LogP contribution in [0.25, 0.3) is 22.0 Å². The van der Waals surface area contributed by atoms with Crippen molar-refractivity contribution in [1.29, 1.82) is 5.26 Å². The number of fused-ring (bicyclic) bond motifs is 1. The molecule has 0 fully saturated rings. The highest BCUT2D eigenvalue weighted by Gasteiger charge is 2.30. The monoisotopic (exact) mass is 316 g/mol. The number of aromatic hydroxyl groups is 1. The molecule has 0 aliphatic rings. The summed E-state index contributed by atoms with van der Waals surface area (Å²) in [7, 11) is 0. The average molecular weight is 316 g/mol. The Balaban J connectivity index is 2.13. The fourth-order valence-electron chi connectivity index (χ4n) is 2.58. The molecule has 0 bridgehead atoms. The lowest BCUT2D eigenvalue weighted by Crippen LogP contribution is -2.04. The van der Waals surface area contributed by atoms with E-state index in [4.69, 9.17) is 5.26 Å². The number of nitrogens with one attached hydrogen (secondary N) is 1. The van der Waals surface area contributed by atoms with E-state index >= 15 is 0 Å². The van der Waals surface area contributed by atoms with Gasteiger partial charge in [0.2, 0.25) is 0 Å². The first-order valence-corrected chi connectivity index (χ1v) is 6.77. The van der Waals surface area contributed by atoms with Crippen LogP contribution in [0.1, 0.15) is 11.1 Å². The lowest BCUT2D eigenvalue weighted by atomic mass is 10.00. The number of halogens is 3. The smallest absolute Gasteiger partial charge is 0.416 e. The van der Waals surface area contributed by atoms with Crippen LogP contribution in [-0.4, -0.2) is 10.1 Å². The third-order valence-electron chi connectivity index (χ3n) is 3.63. The summed E-state index contributed by atoms with van der Waals surface area (Å²) in [4.78, 5) is 2.94. The van der Waals surface area contributed by atoms with Crippen molar-refractivity contribution < 1.29 is 18.3 Å². The number of benzene rings is 2. The Morgan fingerprint density at radius 1 is 1.13 bits per heavy atom. The van der Waals surface area contributed by atoms with Gasteiger partial charge in [0.05, 0.1) is 23.6 Å². The summed E-state index contributed by atoms with van der Waals surface area (Å²) < 4.78 is 38.5. The number of phenols is 1. The van der Waals surface area contributed by atoms with Gasteiger partial charge >= 0.3 is 6.18 Å². The highest BCUT2D eigenvalue weighted by molar-refractivity contribution is 5.93. The zero-order chi connectivity index (χ0) is 16.6. The van der Waals surface area contributed by atoms with E-state index in [2.05, 4.69) is 4.98 Å². The zero-order valence-corrected chi connectivity index (χ0v) is 11.8. The van der Waals surface area contributed by atoms with E-state index in [9.17, 15) is 18.3 Å². The van der Waals surface area contributed by atoms with Gasteiger partial charge in [0.1, 0.15) is 5.75 Å². The number of H-pyrrole nitrogens is 1. The van der Waals surface area contributed by atoms with Crippen LogP contribution in [0.2, 0.25) is 0 Å². The van der Waals surface area contributed by atoms with E-state index in [0.717, 1.165) is 12.1 Å². The number of alkyl halides is 3. The van der Waals surface area contributed by atoms with Crippen LogP contribution in [0.15, 0.2) is 42.6 Å². The van der Waals surface area contributed by atoms with Gasteiger partial charge in [-0.2, -0.15) is 18.4 Å². The average Bonchev–Trinajstić information content (AvgIpc) is 2.90. The number of phenolic OH excluding ortho intramolecular Hbond substituents is 1. The molecule has 2 N–H and O–H groups in total. The van der Waals surface area contributed by atoms with E-state index in [1.807, 2.05) is 6.07 Å². The van der Waals surface area contributed by atoms with E-state index < -0.39 is 11.7 Å². The van der Waals surface area contributed by atoms with Gasteiger partial charge < -0.3 is 10.1 Å². The van der Waals surface area contributed by atoms with E-state index in [0.29, 0.717) is 27.6 Å². The summed E-state index contributed by atoms with van der Waals surface area (Å²) in [6, 6.07) is 9.99. The molecule has 0 atom stereocenters. The molecular weight excluding hydrogens is 305 g/mol. The van der Waals surface area contributed by atoms with Crippen molar-refractivity contribution in [1.82, 2.24) is 4.98 Å². The van der Waals surface area contributed by atoms with Crippen LogP contribution in [-0.2, 0) is 12.6 Å². The Labute approximate surface area is 129 Å². The topological polar surface area (TPSA) is 59.8 Å². The number of aromatic nitrogens is 1. The van der Waals surface area contributed by atoms with Crippen LogP contribution in [0, 0.1) is 11.3 Å². The van der Waals surface area contributed by atoms with Crippen molar-refractivity contribution in [2.24, 2.45) is 0 Å². The number of hydrogen-bond donors (Lipinski definition) is 2. The van der Waals surface area contributed by atoms with Crippen molar-refractivity contribution in [3.8, 4) is 22.9 Å². The van der Waals surface area contributed by atoms with E-state index in [1.54, 1.807) is 18.3 Å². The first-order valence-electron chi connectivity index (χ1n) is 6.77. The van der Waals surface area contributed by atoms with E-state index in [1.165, 1.54) is 12.1 Å². The van der Waals surface area contributed by atoms with Crippen LogP contribution in [0.4, 0.5) is 13.2 Å². The minimum Gasteiger partial charge on any atom is -0.507 e. The SMILES string of the molecule is N#CCc1c[nH]c2cc(-c3cccc(C(F)(F)F)c3)cc(O)c12. The quantitative estimate of drug-likeness (QED) is 0.724. The highest BCUT2D eigenvalue weighted by Crippen LogP contribution is 2.36. The van der Waals surface area contributed by atoms with Crippen molar-refractivity contribution in [3.63, 3.8) is 0 Å². The first-order chi connectivity index (χ1) is 10.9. The third kappa shape index (κ3) is 2.73. The lowest BCUT2D eigenvalue weighted by molar-refractivity contribution is -0.137. The molecule has 0 saturated carbocycles. The number of hydrogen-bond acceptors (Lipinski definition) is 2. The molecule has 1 aromatic heterocycles. The molecule has 3 nitrogen and oxygen atoms in total. The molecule has 116 valence electrons. The molecule has 0 aliphatic carbocycles. The molecule has 2 aromatic carbocycles. The maximum absolute atomic E-state index is 12.8. The summed E-state index contributed by atoms with van der Waals surface area (Å²) in [6.07, 6.45) is -2.67. The summed E-state index contributed by atoms with van der Waals surface area (Å²) >= 11 is 0. The second-order valence-corrected chi connectivity index (χ2v) is 5.15. The predicted molar refractivity (Wildman–Crippen MR) is 79.7 cm³/mol. The van der Waals surface area contributed by atoms with Crippen molar-refractivity contribution in [2.75, 3.05) is 0 Å². The standard InChI is InChI=1S/C17H11F3N2O/c18-17(19,20)13-3-1-2-10(6-13)12-7-14-16(15(23)8-12)11(4-5-21)9-22-14/h1-3,6-9,22-23H,4H2. The third-order valence-corrected chi connectivity index (χ3v) is 3.63. The van der Waals surface area contributed by atoms with Crippen LogP contribution < -0.4 is 0 Å². The molecule has 23 heavy (non-hydrogen) atoms. The second kappa shape index (κ2) is 5.36. The van der Waals surface area contributed by atoms with Crippen LogP contribution >= 0.6 is 0 Å². The van der Waals surface area contributed by atoms with Gasteiger partial charge in [-0.05, 0) is 41.0 Å². The molecule has 0 unspecified atom stereocenters. The van der Waals surface area contributed by atoms with Gasteiger partial charge in [-0.1, -0.05) is 12.1 Å². The zero-order valence-electron chi connectivity index (χ0n) is 11.8. The molecule has 3 rings (SSSR count). The second-order valence-electron chi connectivity index (χ2n) is 5.15. The molecule has 1 heterocycles. The van der Waals surface area contributed by atoms with Crippen LogP contribution in [0.5, 0.6) is 5.75 Å². The molecule has 3 aromatic rings. The Morgan fingerprint density at radius 2 is 1.91 bits per heavy atom. The number of rotatable bonds is 2. The number of nitriles is 1. The van der Waals surface area contributed by atoms with Gasteiger partial charge in [-0.25, -0.2) is 0 Å². The molecule has 0 aliphatic heterocycles. The highest BCUT2D eigenvalue weighted by atomic mass is 19.4. The van der Waals surface area contributed by atoms with Gasteiger partial charge in [0.15, 0.2) is 0 Å². The van der Waals surface area contributed by atoms with Crippen LogP contribution in [0.3, 0.4) is 0 Å². The van der Waals surface area contributed by atoms with Gasteiger partial charge in [0.25, 0.3) is 0 Å². The molecule has 0 radical (unpaired) electrons. The summed E-state index contributed by atoms with van der Waals surface area (Å²) in [5, 5.41) is 19.5. The normalized spacial score (nSPS) is 11.6.